The van der Waals surface area contributed by atoms with Gasteiger partial charge in [0.05, 0.1) is 46.1 Å². The van der Waals surface area contributed by atoms with E-state index in [1.165, 1.54) is 292 Å². The van der Waals surface area contributed by atoms with Crippen LogP contribution in [0, 0.1) is 17.8 Å². The Hall–Kier alpha value is -4.02. The summed E-state index contributed by atoms with van der Waals surface area (Å²) < 4.78 is 50.2. The van der Waals surface area contributed by atoms with E-state index in [1.807, 2.05) is 0 Å². The lowest BCUT2D eigenvalue weighted by Gasteiger charge is -2.27. The van der Waals surface area contributed by atoms with Gasteiger partial charge in [-0.3, -0.25) is 0 Å². The molecule has 0 bridgehead atoms. The topological polar surface area (TPSA) is 73.8 Å². The summed E-state index contributed by atoms with van der Waals surface area (Å²) in [6.07, 6.45) is 70.1. The second-order valence-corrected chi connectivity index (χ2v) is 82.2. The van der Waals surface area contributed by atoms with Crippen LogP contribution in [0.3, 0.4) is 0 Å². The maximum atomic E-state index is 6.66. The maximum Gasteiger partial charge on any atom is 0.241 e. The van der Waals surface area contributed by atoms with E-state index in [9.17, 15) is 0 Å². The Labute approximate surface area is 842 Å². The first kappa shape index (κ1) is 128. The summed E-state index contributed by atoms with van der Waals surface area (Å²) in [5.41, 5.74) is 23.4. The molecule has 0 fully saturated rings. The van der Waals surface area contributed by atoms with Crippen LogP contribution in [0.25, 0.3) is 0 Å². The van der Waals surface area contributed by atoms with Crippen molar-refractivity contribution < 1.29 is 35.4 Å². The number of hydrogen-bond acceptors (Lipinski definition) is 8. The second kappa shape index (κ2) is 65.2. The monoisotopic (exact) mass is 1990 g/mol. The normalized spacial score (nSPS) is 18.1. The molecule has 0 heterocycles. The third-order valence-corrected chi connectivity index (χ3v) is 29.9. The highest BCUT2D eigenvalue weighted by atomic mass is 28.4. The van der Waals surface area contributed by atoms with Crippen molar-refractivity contribution >= 4 is 66.5 Å². The highest BCUT2D eigenvalue weighted by Crippen LogP contribution is 2.49. The predicted octanol–water partition coefficient (Wildman–Crippen LogP) is 42.1. The van der Waals surface area contributed by atoms with Crippen LogP contribution in [0.2, 0.25) is 157 Å². The zero-order valence-electron chi connectivity index (χ0n) is 96.7. The number of hydrogen-bond donors (Lipinski definition) is 0. The molecule has 0 aromatic rings. The van der Waals surface area contributed by atoms with Crippen molar-refractivity contribution in [2.75, 3.05) is 0 Å². The highest BCUT2D eigenvalue weighted by Gasteiger charge is 2.38. The Kier molecular flexibility index (Phi) is 62.3. The molecule has 3 atom stereocenters. The van der Waals surface area contributed by atoms with Crippen molar-refractivity contribution in [3.05, 3.63) is 184 Å². The van der Waals surface area contributed by atoms with Gasteiger partial charge in [0, 0.05) is 49.9 Å². The van der Waals surface area contributed by atoms with Crippen LogP contribution in [0.15, 0.2) is 184 Å². The molecule has 0 saturated heterocycles. The lowest BCUT2D eigenvalue weighted by atomic mass is 9.90. The van der Waals surface area contributed by atoms with Crippen molar-refractivity contribution in [1.29, 1.82) is 0 Å². The Morgan fingerprint density at radius 1 is 0.261 bits per heavy atom. The van der Waals surface area contributed by atoms with E-state index in [4.69, 9.17) is 35.4 Å². The maximum absolute atomic E-state index is 6.66. The van der Waals surface area contributed by atoms with E-state index >= 15 is 0 Å². The number of allylic oxidation sites excluding steroid dienone is 24. The second-order valence-electron chi connectivity index (χ2n) is 46.8. The van der Waals surface area contributed by atoms with Gasteiger partial charge in [0.15, 0.2) is 0 Å². The number of rotatable bonds is 52. The molecule has 16 heteroatoms. The van der Waals surface area contributed by atoms with Gasteiger partial charge < -0.3 is 35.4 Å². The average molecular weight is 1990 g/mol. The van der Waals surface area contributed by atoms with Gasteiger partial charge in [-0.25, -0.2) is 0 Å². The zero-order valence-corrected chi connectivity index (χ0v) is 105. The van der Waals surface area contributed by atoms with Crippen LogP contribution in [-0.4, -0.2) is 66.5 Å². The van der Waals surface area contributed by atoms with Crippen molar-refractivity contribution in [3.8, 4) is 0 Å². The molecule has 0 aromatic heterocycles. The molecule has 8 aliphatic carbocycles. The molecule has 0 N–H and O–H groups in total. The quantitative estimate of drug-likeness (QED) is 0.0558. The van der Waals surface area contributed by atoms with Gasteiger partial charge in [-0.05, 0) is 346 Å². The van der Waals surface area contributed by atoms with Gasteiger partial charge in [-0.1, -0.05) is 306 Å². The molecule has 0 radical (unpaired) electrons. The van der Waals surface area contributed by atoms with Crippen LogP contribution < -0.4 is 0 Å². The molecular formula is C118H220O8Si8. The zero-order chi connectivity index (χ0) is 102. The Morgan fingerprint density at radius 3 is 1.16 bits per heavy atom. The van der Waals surface area contributed by atoms with Gasteiger partial charge in [-0.2, -0.15) is 0 Å². The van der Waals surface area contributed by atoms with Gasteiger partial charge in [0.25, 0.3) is 0 Å². The van der Waals surface area contributed by atoms with E-state index in [-0.39, 0.29) is 0 Å². The molecule has 0 aromatic carbocycles. The van der Waals surface area contributed by atoms with Crippen LogP contribution in [0.5, 0.6) is 0 Å². The lowest BCUT2D eigenvalue weighted by Crippen LogP contribution is -2.27. The van der Waals surface area contributed by atoms with E-state index in [1.54, 1.807) is 55.7 Å². The first-order chi connectivity index (χ1) is 62.7. The molecule has 134 heavy (non-hydrogen) atoms. The van der Waals surface area contributed by atoms with Crippen molar-refractivity contribution in [1.82, 2.24) is 0 Å². The highest BCUT2D eigenvalue weighted by molar-refractivity contribution is 6.72. The Morgan fingerprint density at radius 2 is 0.672 bits per heavy atom. The summed E-state index contributed by atoms with van der Waals surface area (Å²) in [5, 5.41) is 0. The molecule has 0 saturated carbocycles. The van der Waals surface area contributed by atoms with E-state index in [0.717, 1.165) is 44.9 Å². The van der Waals surface area contributed by atoms with E-state index in [2.05, 4.69) is 336 Å². The predicted molar refractivity (Wildman–Crippen MR) is 619 cm³/mol. The first-order valence-corrected chi connectivity index (χ1v) is 82.8. The van der Waals surface area contributed by atoms with Crippen molar-refractivity contribution in [2.24, 2.45) is 17.8 Å². The minimum atomic E-state index is -1.55. The summed E-state index contributed by atoms with van der Waals surface area (Å²) in [4.78, 5) is 0. The lowest BCUT2D eigenvalue weighted by molar-refractivity contribution is 0.348. The minimum Gasteiger partial charge on any atom is -0.547 e. The SMILES string of the molecule is CCCC1=C(CCC)C(CCC)=C(O[Si](C)(C)C)C1.CCCC1=C(CCC)C(CCC)C(O[Si](C)(C)C)=C1CCC.CCCC1=C(O[Si](C)(C)C)C(CCC)C=C1.CCCC1=C(O[Si](C)(C)C)CC=C1.CCCC1=CC(CCC)=C(O[Si](C)(C)C)C1.CCCC1=CC(CCC)C(O[Si](C)(C)C)=C1CCC.CCCC1=CCC(O[Si](C)(C)C)=C1.CCCC1=CCC(O[Si](C)(C)C)=C1CCC. The summed E-state index contributed by atoms with van der Waals surface area (Å²) in [6.45, 7) is 95.4. The summed E-state index contributed by atoms with van der Waals surface area (Å²) >= 11 is 0. The third kappa shape index (κ3) is 52.1. The van der Waals surface area contributed by atoms with Gasteiger partial charge >= 0.3 is 0 Å². The average Bonchev–Trinajstić information content (AvgIpc) is 1.62. The van der Waals surface area contributed by atoms with Crippen LogP contribution in [-0.2, 0) is 35.4 Å². The fourth-order valence-corrected chi connectivity index (χ4v) is 26.3. The Bertz CT molecular complexity index is 3970. The largest absolute Gasteiger partial charge is 0.547 e. The van der Waals surface area contributed by atoms with Gasteiger partial charge in [0.1, 0.15) is 0 Å². The summed E-state index contributed by atoms with van der Waals surface area (Å²) in [7, 11) is -11.6. The molecule has 0 amide bonds. The molecule has 8 rings (SSSR count). The smallest absolute Gasteiger partial charge is 0.241 e. The molecule has 772 valence electrons. The molecule has 0 aliphatic heterocycles. The fraction of sp³-hybridized carbons (Fsp3) is 0.729. The Balaban J connectivity index is 0.000000770. The van der Waals surface area contributed by atoms with E-state index < -0.39 is 66.5 Å². The van der Waals surface area contributed by atoms with Crippen molar-refractivity contribution in [2.45, 2.75) is 545 Å². The van der Waals surface area contributed by atoms with Crippen LogP contribution >= 0.6 is 0 Å². The van der Waals surface area contributed by atoms with Crippen LogP contribution in [0.1, 0.15) is 388 Å². The molecule has 3 unspecified atom stereocenters. The van der Waals surface area contributed by atoms with Gasteiger partial charge in [0.2, 0.25) is 66.5 Å². The molecular weight excluding hydrogens is 1770 g/mol. The molecule has 8 aliphatic rings. The fourth-order valence-electron chi connectivity index (χ4n) is 18.8. The van der Waals surface area contributed by atoms with Crippen molar-refractivity contribution in [3.63, 3.8) is 0 Å². The third-order valence-electron chi connectivity index (χ3n) is 23.1. The van der Waals surface area contributed by atoms with Crippen LogP contribution in [0.4, 0.5) is 0 Å². The first-order valence-electron chi connectivity index (χ1n) is 55.6. The summed E-state index contributed by atoms with van der Waals surface area (Å²) in [6, 6.07) is 0. The summed E-state index contributed by atoms with van der Waals surface area (Å²) in [5.74, 6) is 12.0. The minimum absolute atomic E-state index is 0.554. The molecule has 8 nitrogen and oxygen atoms in total. The van der Waals surface area contributed by atoms with E-state index in [0.29, 0.717) is 17.8 Å². The van der Waals surface area contributed by atoms with Gasteiger partial charge in [-0.15, -0.1) is 0 Å². The molecule has 0 spiro atoms. The standard InChI is InChI=1S/C20H38OSi.2C17H32OSi.3C14H26OSi.2C11H20OSi/c1-8-12-16-17(13-9-2)19(15-11-4)20(18(16)14-10-3)21-22(5,6)7;1-7-10-14-13-17(18-19(4,5)6)16(12-9-3)15(14)11-8-2;1-7-10-14-13-15(11-8-2)17(16(14)12-9-3)18-19(4,5)6;1-6-8-12-10-13(9-7-2)14(11-12)15-16(3,4)5;1-6-8-12-10-11-14(13(12)9-7-2)15-16(3,4)5;1-6-8-12-10-11-13(9-7-2)14(12)15-16(3,4)5;1-5-7-10-8-6-9-11(10)12-13(2,3)4;1-5-6-10-7-8-11(9-10)12-13(2,3)4/h18H,8-15H2,1-7H3;7-13H2,1-6H3;13,15H,7-12H2,1-6H3;2*10H,6-9,11H2,1-5H3;10-12H,6-9H2,1-5H3;6,8H,5,7,9H2,1-4H3;7,9H,5-6,8H2,1-4H3.